The monoisotopic (exact) mass is 327 g/mol. The highest BCUT2D eigenvalue weighted by atomic mass is 35.5. The van der Waals surface area contributed by atoms with Gasteiger partial charge in [0.1, 0.15) is 12.4 Å². The molecule has 0 aromatic heterocycles. The number of nitrogens with zero attached hydrogens (tertiary/aromatic N) is 1. The van der Waals surface area contributed by atoms with Crippen LogP contribution in [0.3, 0.4) is 0 Å². The lowest BCUT2D eigenvalue weighted by atomic mass is 10.0. The van der Waals surface area contributed by atoms with Crippen LogP contribution in [0, 0.1) is 5.92 Å². The summed E-state index contributed by atoms with van der Waals surface area (Å²) in [6.45, 7) is 5.38. The molecule has 1 amide bonds. The number of para-hydroxylation sites is 1. The van der Waals surface area contributed by atoms with E-state index in [1.807, 2.05) is 37.3 Å². The summed E-state index contributed by atoms with van der Waals surface area (Å²) in [6.07, 6.45) is 1.09. The zero-order valence-electron chi connectivity index (χ0n) is 13.0. The zero-order valence-corrected chi connectivity index (χ0v) is 13.8. The van der Waals surface area contributed by atoms with Crippen molar-refractivity contribution >= 4 is 18.3 Å². The van der Waals surface area contributed by atoms with E-state index in [1.165, 1.54) is 0 Å². The van der Waals surface area contributed by atoms with E-state index in [4.69, 9.17) is 10.5 Å². The van der Waals surface area contributed by atoms with Crippen molar-refractivity contribution in [3.63, 3.8) is 0 Å². The second-order valence-corrected chi connectivity index (χ2v) is 5.65. The third-order valence-electron chi connectivity index (χ3n) is 3.86. The zero-order chi connectivity index (χ0) is 15.1. The van der Waals surface area contributed by atoms with E-state index in [2.05, 4.69) is 10.2 Å². The fraction of sp³-hybridized carbons (Fsp3) is 0.562. The van der Waals surface area contributed by atoms with Gasteiger partial charge in [-0.3, -0.25) is 9.69 Å². The third kappa shape index (κ3) is 6.22. The standard InChI is InChI=1S/C16H25N3O2.ClH/c1-13(17)14-7-9-19(11-14)12-16(20)18-8-10-21-15-5-3-2-4-6-15;/h2-6,13-14H,7-12,17H2,1H3,(H,18,20);1H. The average molecular weight is 328 g/mol. The van der Waals surface area contributed by atoms with E-state index in [0.29, 0.717) is 25.6 Å². The first-order valence-electron chi connectivity index (χ1n) is 7.57. The number of carbonyl (C=O) groups is 1. The number of likely N-dealkylation sites (tertiary alicyclic amines) is 1. The van der Waals surface area contributed by atoms with Crippen molar-refractivity contribution in [2.45, 2.75) is 19.4 Å². The molecule has 1 heterocycles. The summed E-state index contributed by atoms with van der Waals surface area (Å²) in [5, 5.41) is 2.89. The van der Waals surface area contributed by atoms with E-state index < -0.39 is 0 Å². The van der Waals surface area contributed by atoms with E-state index >= 15 is 0 Å². The summed E-state index contributed by atoms with van der Waals surface area (Å²) < 4.78 is 5.53. The fourth-order valence-corrected chi connectivity index (χ4v) is 2.57. The molecular formula is C16H26ClN3O2. The maximum atomic E-state index is 11.8. The Morgan fingerprint density at radius 2 is 2.18 bits per heavy atom. The highest BCUT2D eigenvalue weighted by Crippen LogP contribution is 2.17. The first-order chi connectivity index (χ1) is 10.1. The molecule has 22 heavy (non-hydrogen) atoms. The molecule has 3 N–H and O–H groups in total. The van der Waals surface area contributed by atoms with Gasteiger partial charge in [0, 0.05) is 12.6 Å². The van der Waals surface area contributed by atoms with Crippen molar-refractivity contribution in [2.75, 3.05) is 32.8 Å². The normalized spacial score (nSPS) is 19.3. The Hall–Kier alpha value is -1.30. The Kier molecular flexibility index (Phi) is 8.24. The molecule has 5 nitrogen and oxygen atoms in total. The minimum absolute atomic E-state index is 0. The second-order valence-electron chi connectivity index (χ2n) is 5.65. The first kappa shape index (κ1) is 18.7. The van der Waals surface area contributed by atoms with E-state index in [1.54, 1.807) is 0 Å². The van der Waals surface area contributed by atoms with Gasteiger partial charge in [-0.05, 0) is 37.9 Å². The van der Waals surface area contributed by atoms with Crippen molar-refractivity contribution in [1.82, 2.24) is 10.2 Å². The third-order valence-corrected chi connectivity index (χ3v) is 3.86. The lowest BCUT2D eigenvalue weighted by Gasteiger charge is -2.17. The number of nitrogens with two attached hydrogens (primary N) is 1. The number of hydrogen-bond donors (Lipinski definition) is 2. The molecule has 0 spiro atoms. The van der Waals surface area contributed by atoms with E-state index in [0.717, 1.165) is 25.3 Å². The number of rotatable bonds is 7. The first-order valence-corrected chi connectivity index (χ1v) is 7.57. The molecular weight excluding hydrogens is 302 g/mol. The SMILES string of the molecule is CC(N)C1CCN(CC(=O)NCCOc2ccccc2)C1.Cl. The Labute approximate surface area is 138 Å². The van der Waals surface area contributed by atoms with Gasteiger partial charge in [0.15, 0.2) is 0 Å². The molecule has 0 saturated carbocycles. The van der Waals surface area contributed by atoms with Gasteiger partial charge >= 0.3 is 0 Å². The van der Waals surface area contributed by atoms with Crippen molar-refractivity contribution in [3.8, 4) is 5.75 Å². The molecule has 1 saturated heterocycles. The van der Waals surface area contributed by atoms with Crippen LogP contribution in [0.4, 0.5) is 0 Å². The summed E-state index contributed by atoms with van der Waals surface area (Å²) >= 11 is 0. The highest BCUT2D eigenvalue weighted by molar-refractivity contribution is 5.85. The van der Waals surface area contributed by atoms with Crippen molar-refractivity contribution < 1.29 is 9.53 Å². The minimum Gasteiger partial charge on any atom is -0.492 e. The number of amides is 1. The van der Waals surface area contributed by atoms with Crippen LogP contribution in [0.5, 0.6) is 5.75 Å². The molecule has 1 aliphatic heterocycles. The topological polar surface area (TPSA) is 67.6 Å². The van der Waals surface area contributed by atoms with Gasteiger partial charge < -0.3 is 15.8 Å². The molecule has 1 aromatic carbocycles. The number of carbonyl (C=O) groups excluding carboxylic acids is 1. The van der Waals surface area contributed by atoms with Gasteiger partial charge in [0.05, 0.1) is 13.1 Å². The number of halogens is 1. The lowest BCUT2D eigenvalue weighted by Crippen LogP contribution is -2.38. The van der Waals surface area contributed by atoms with Crippen LogP contribution in [-0.4, -0.2) is 49.6 Å². The molecule has 1 fully saturated rings. The molecule has 6 heteroatoms. The van der Waals surface area contributed by atoms with E-state index in [-0.39, 0.29) is 24.4 Å². The number of nitrogens with one attached hydrogen (secondary N) is 1. The van der Waals surface area contributed by atoms with Crippen LogP contribution in [0.2, 0.25) is 0 Å². The van der Waals surface area contributed by atoms with Crippen LogP contribution in [0.25, 0.3) is 0 Å². The fourth-order valence-electron chi connectivity index (χ4n) is 2.57. The smallest absolute Gasteiger partial charge is 0.234 e. The lowest BCUT2D eigenvalue weighted by molar-refractivity contribution is -0.122. The van der Waals surface area contributed by atoms with Gasteiger partial charge in [-0.1, -0.05) is 18.2 Å². The Morgan fingerprint density at radius 1 is 1.45 bits per heavy atom. The minimum atomic E-state index is 0. The summed E-state index contributed by atoms with van der Waals surface area (Å²) in [6, 6.07) is 9.81. The summed E-state index contributed by atoms with van der Waals surface area (Å²) in [5.41, 5.74) is 5.90. The van der Waals surface area contributed by atoms with Crippen LogP contribution >= 0.6 is 12.4 Å². The number of benzene rings is 1. The van der Waals surface area contributed by atoms with Gasteiger partial charge in [-0.25, -0.2) is 0 Å². The van der Waals surface area contributed by atoms with Gasteiger partial charge in [0.25, 0.3) is 0 Å². The van der Waals surface area contributed by atoms with E-state index in [9.17, 15) is 4.79 Å². The summed E-state index contributed by atoms with van der Waals surface area (Å²) in [5.74, 6) is 1.39. The molecule has 0 aliphatic carbocycles. The molecule has 2 unspecified atom stereocenters. The van der Waals surface area contributed by atoms with Crippen molar-refractivity contribution in [1.29, 1.82) is 0 Å². The largest absolute Gasteiger partial charge is 0.492 e. The maximum Gasteiger partial charge on any atom is 0.234 e. The average Bonchev–Trinajstić information content (AvgIpc) is 2.93. The Balaban J connectivity index is 0.00000242. The quantitative estimate of drug-likeness (QED) is 0.740. The molecule has 124 valence electrons. The predicted molar refractivity (Wildman–Crippen MR) is 90.4 cm³/mol. The Bertz CT molecular complexity index is 442. The second kappa shape index (κ2) is 9.66. The maximum absolute atomic E-state index is 11.8. The summed E-state index contributed by atoms with van der Waals surface area (Å²) in [7, 11) is 0. The predicted octanol–water partition coefficient (Wildman–Crippen LogP) is 1.27. The molecule has 1 aliphatic rings. The van der Waals surface area contributed by atoms with Crippen LogP contribution in [0.15, 0.2) is 30.3 Å². The molecule has 1 aromatic rings. The summed E-state index contributed by atoms with van der Waals surface area (Å²) in [4.78, 5) is 14.0. The molecule has 2 rings (SSSR count). The van der Waals surface area contributed by atoms with Crippen molar-refractivity contribution in [3.05, 3.63) is 30.3 Å². The van der Waals surface area contributed by atoms with Gasteiger partial charge in [-0.2, -0.15) is 0 Å². The van der Waals surface area contributed by atoms with Crippen LogP contribution < -0.4 is 15.8 Å². The number of ether oxygens (including phenoxy) is 1. The van der Waals surface area contributed by atoms with Crippen LogP contribution in [-0.2, 0) is 4.79 Å². The van der Waals surface area contributed by atoms with Gasteiger partial charge in [0.2, 0.25) is 5.91 Å². The molecule has 0 bridgehead atoms. The van der Waals surface area contributed by atoms with Crippen LogP contribution in [0.1, 0.15) is 13.3 Å². The van der Waals surface area contributed by atoms with Gasteiger partial charge in [-0.15, -0.1) is 12.4 Å². The number of hydrogen-bond acceptors (Lipinski definition) is 4. The van der Waals surface area contributed by atoms with Crippen molar-refractivity contribution in [2.24, 2.45) is 11.7 Å². The highest BCUT2D eigenvalue weighted by Gasteiger charge is 2.26. The molecule has 2 atom stereocenters. The Morgan fingerprint density at radius 3 is 2.82 bits per heavy atom. The molecule has 0 radical (unpaired) electrons.